The molecule has 1 atom stereocenters. The number of alkyl halides is 3. The van der Waals surface area contributed by atoms with Gasteiger partial charge in [-0.1, -0.05) is 15.9 Å². The van der Waals surface area contributed by atoms with E-state index in [4.69, 9.17) is 10.4 Å². The molecule has 102 valence electrons. The highest BCUT2D eigenvalue weighted by atomic mass is 79.9. The Labute approximate surface area is 115 Å². The first-order valence-corrected chi connectivity index (χ1v) is 5.69. The molecule has 1 aromatic carbocycles. The van der Waals surface area contributed by atoms with Gasteiger partial charge in [0.2, 0.25) is 5.54 Å². The molecule has 8 heteroatoms. The number of aliphatic carboxylic acids is 1. The summed E-state index contributed by atoms with van der Waals surface area (Å²) in [7, 11) is 0. The van der Waals surface area contributed by atoms with Gasteiger partial charge in [-0.3, -0.25) is 0 Å². The van der Waals surface area contributed by atoms with Gasteiger partial charge in [0.25, 0.3) is 0 Å². The van der Waals surface area contributed by atoms with E-state index < -0.39 is 17.7 Å². The zero-order valence-corrected chi connectivity index (χ0v) is 11.1. The average Bonchev–Trinajstić information content (AvgIpc) is 2.27. The van der Waals surface area contributed by atoms with Gasteiger partial charge in [-0.25, -0.2) is 4.79 Å². The van der Waals surface area contributed by atoms with Crippen molar-refractivity contribution in [2.75, 3.05) is 5.32 Å². The lowest BCUT2D eigenvalue weighted by Gasteiger charge is -2.30. The third-order valence-corrected chi connectivity index (χ3v) is 2.97. The van der Waals surface area contributed by atoms with Crippen LogP contribution in [0.4, 0.5) is 18.9 Å². The maximum atomic E-state index is 12.8. The molecule has 1 rings (SSSR count). The lowest BCUT2D eigenvalue weighted by molar-refractivity contribution is -0.192. The molecule has 0 fully saturated rings. The Balaban J connectivity index is 3.30. The van der Waals surface area contributed by atoms with Gasteiger partial charge in [-0.15, -0.1) is 0 Å². The molecule has 1 unspecified atom stereocenters. The van der Waals surface area contributed by atoms with E-state index in [-0.39, 0.29) is 11.3 Å². The molecular formula is C11H8BrF3N2O2. The molecule has 0 aromatic heterocycles. The summed E-state index contributed by atoms with van der Waals surface area (Å²) in [6.45, 7) is 0.497. The zero-order valence-electron chi connectivity index (χ0n) is 9.55. The Morgan fingerprint density at radius 3 is 2.47 bits per heavy atom. The Bertz CT molecular complexity index is 554. The van der Waals surface area contributed by atoms with Gasteiger partial charge in [-0.2, -0.15) is 18.4 Å². The van der Waals surface area contributed by atoms with Crippen LogP contribution in [0.1, 0.15) is 12.5 Å². The molecule has 0 amide bonds. The second-order valence-electron chi connectivity index (χ2n) is 3.85. The van der Waals surface area contributed by atoms with E-state index in [9.17, 15) is 18.0 Å². The van der Waals surface area contributed by atoms with E-state index in [1.807, 2.05) is 5.32 Å². The van der Waals surface area contributed by atoms with Crippen LogP contribution in [0, 0.1) is 11.3 Å². The molecule has 0 aliphatic heterocycles. The van der Waals surface area contributed by atoms with Gasteiger partial charge in [0.1, 0.15) is 6.07 Å². The molecule has 2 N–H and O–H groups in total. The summed E-state index contributed by atoms with van der Waals surface area (Å²) in [5.74, 6) is -2.08. The van der Waals surface area contributed by atoms with Gasteiger partial charge in [0.05, 0.1) is 11.3 Å². The van der Waals surface area contributed by atoms with Crippen molar-refractivity contribution in [2.24, 2.45) is 0 Å². The Morgan fingerprint density at radius 2 is 2.05 bits per heavy atom. The van der Waals surface area contributed by atoms with Gasteiger partial charge in [-0.05, 0) is 25.1 Å². The molecule has 0 aliphatic rings. The van der Waals surface area contributed by atoms with Crippen molar-refractivity contribution in [3.8, 4) is 6.07 Å². The van der Waals surface area contributed by atoms with Crippen molar-refractivity contribution in [3.63, 3.8) is 0 Å². The van der Waals surface area contributed by atoms with Crippen molar-refractivity contribution < 1.29 is 23.1 Å². The number of rotatable bonds is 3. The molecule has 0 heterocycles. The van der Waals surface area contributed by atoms with Gasteiger partial charge in [0.15, 0.2) is 0 Å². The van der Waals surface area contributed by atoms with E-state index >= 15 is 0 Å². The summed E-state index contributed by atoms with van der Waals surface area (Å²) in [5, 5.41) is 19.5. The fourth-order valence-corrected chi connectivity index (χ4v) is 1.59. The lowest BCUT2D eigenvalue weighted by atomic mass is 10.0. The molecule has 0 aliphatic carbocycles. The van der Waals surface area contributed by atoms with Crippen LogP contribution in [0.2, 0.25) is 0 Å². The fourth-order valence-electron chi connectivity index (χ4n) is 1.23. The standard InChI is InChI=1S/C11H8BrF3N2O2/c1-10(9(18)19,11(13,14)15)17-8-4-7(12)3-2-6(8)5-16/h2-4,17H,1H3,(H,18,19). The van der Waals surface area contributed by atoms with Crippen LogP contribution in [0.25, 0.3) is 0 Å². The largest absolute Gasteiger partial charge is 0.479 e. The monoisotopic (exact) mass is 336 g/mol. The van der Waals surface area contributed by atoms with Crippen LogP contribution in [0.15, 0.2) is 22.7 Å². The molecule has 1 aromatic rings. The first kappa shape index (κ1) is 15.3. The SMILES string of the molecule is CC(Nc1cc(Br)ccc1C#N)(C(=O)O)C(F)(F)F. The second-order valence-corrected chi connectivity index (χ2v) is 4.77. The fraction of sp³-hybridized carbons (Fsp3) is 0.273. The number of nitrogens with one attached hydrogen (secondary N) is 1. The van der Waals surface area contributed by atoms with Crippen LogP contribution in [0.5, 0.6) is 0 Å². The number of halogens is 4. The van der Waals surface area contributed by atoms with E-state index in [1.54, 1.807) is 6.07 Å². The maximum Gasteiger partial charge on any atom is 0.422 e. The Hall–Kier alpha value is -1.75. The van der Waals surface area contributed by atoms with Crippen molar-refractivity contribution in [3.05, 3.63) is 28.2 Å². The van der Waals surface area contributed by atoms with Gasteiger partial charge < -0.3 is 10.4 Å². The number of hydrogen-bond donors (Lipinski definition) is 2. The van der Waals surface area contributed by atoms with Gasteiger partial charge >= 0.3 is 12.1 Å². The number of anilines is 1. The normalized spacial score (nSPS) is 14.3. The summed E-state index contributed by atoms with van der Waals surface area (Å²) in [5.41, 5.74) is -3.47. The number of carboxylic acid groups (broad SMARTS) is 1. The number of hydrogen-bond acceptors (Lipinski definition) is 3. The number of nitrogens with zero attached hydrogens (tertiary/aromatic N) is 1. The maximum absolute atomic E-state index is 12.8. The van der Waals surface area contributed by atoms with E-state index in [0.29, 0.717) is 11.4 Å². The van der Waals surface area contributed by atoms with E-state index in [2.05, 4.69) is 15.9 Å². The highest BCUT2D eigenvalue weighted by Crippen LogP contribution is 2.35. The number of carboxylic acids is 1. The third-order valence-electron chi connectivity index (χ3n) is 2.48. The highest BCUT2D eigenvalue weighted by Gasteiger charge is 2.57. The number of nitriles is 1. The molecule has 0 bridgehead atoms. The minimum Gasteiger partial charge on any atom is -0.479 e. The van der Waals surface area contributed by atoms with Gasteiger partial charge in [0, 0.05) is 4.47 Å². The molecule has 0 spiro atoms. The summed E-state index contributed by atoms with van der Waals surface area (Å²) in [6, 6.07) is 5.66. The number of carbonyl (C=O) groups is 1. The van der Waals surface area contributed by atoms with Crippen molar-refractivity contribution in [1.29, 1.82) is 5.26 Å². The number of benzene rings is 1. The molecular weight excluding hydrogens is 329 g/mol. The first-order valence-electron chi connectivity index (χ1n) is 4.90. The summed E-state index contributed by atoms with van der Waals surface area (Å²) in [4.78, 5) is 10.9. The smallest absolute Gasteiger partial charge is 0.422 e. The van der Waals surface area contributed by atoms with E-state index in [0.717, 1.165) is 0 Å². The Kier molecular flexibility index (Phi) is 4.10. The lowest BCUT2D eigenvalue weighted by Crippen LogP contribution is -2.55. The average molecular weight is 337 g/mol. The summed E-state index contributed by atoms with van der Waals surface area (Å²) >= 11 is 3.04. The summed E-state index contributed by atoms with van der Waals surface area (Å²) in [6.07, 6.45) is -5.02. The minimum atomic E-state index is -5.02. The predicted molar refractivity (Wildman–Crippen MR) is 64.6 cm³/mol. The van der Waals surface area contributed by atoms with Crippen LogP contribution in [-0.4, -0.2) is 22.8 Å². The molecule has 0 radical (unpaired) electrons. The van der Waals surface area contributed by atoms with E-state index in [1.165, 1.54) is 18.2 Å². The minimum absolute atomic E-state index is 0.0834. The topological polar surface area (TPSA) is 73.1 Å². The van der Waals surface area contributed by atoms with Crippen LogP contribution >= 0.6 is 15.9 Å². The highest BCUT2D eigenvalue weighted by molar-refractivity contribution is 9.10. The van der Waals surface area contributed by atoms with Crippen molar-refractivity contribution in [1.82, 2.24) is 0 Å². The molecule has 19 heavy (non-hydrogen) atoms. The predicted octanol–water partition coefficient (Wildman–Crippen LogP) is 3.14. The Morgan fingerprint density at radius 1 is 1.47 bits per heavy atom. The van der Waals surface area contributed by atoms with Crippen LogP contribution in [0.3, 0.4) is 0 Å². The quantitative estimate of drug-likeness (QED) is 0.889. The molecule has 0 saturated carbocycles. The van der Waals surface area contributed by atoms with Crippen molar-refractivity contribution >= 4 is 27.6 Å². The second kappa shape index (κ2) is 5.09. The molecule has 4 nitrogen and oxygen atoms in total. The van der Waals surface area contributed by atoms with Crippen LogP contribution < -0.4 is 5.32 Å². The third kappa shape index (κ3) is 2.98. The first-order chi connectivity index (χ1) is 8.61. The van der Waals surface area contributed by atoms with Crippen LogP contribution in [-0.2, 0) is 4.79 Å². The zero-order chi connectivity index (χ0) is 14.8. The summed E-state index contributed by atoms with van der Waals surface area (Å²) < 4.78 is 38.9. The van der Waals surface area contributed by atoms with Crippen molar-refractivity contribution in [2.45, 2.75) is 18.6 Å². The molecule has 0 saturated heterocycles.